The first-order valence-electron chi connectivity index (χ1n) is 7.91. The fourth-order valence-electron chi connectivity index (χ4n) is 3.05. The van der Waals surface area contributed by atoms with E-state index in [-0.39, 0.29) is 0 Å². The normalized spacial score (nSPS) is 18.8. The molecule has 3 heterocycles. The Labute approximate surface area is 125 Å². The van der Waals surface area contributed by atoms with Crippen LogP contribution in [0.2, 0.25) is 0 Å². The second-order valence-corrected chi connectivity index (χ2v) is 6.17. The highest BCUT2D eigenvalue weighted by Gasteiger charge is 2.31. The third kappa shape index (κ3) is 2.52. The van der Waals surface area contributed by atoms with Gasteiger partial charge in [0.05, 0.1) is 0 Å². The van der Waals surface area contributed by atoms with Gasteiger partial charge in [0.25, 0.3) is 0 Å². The monoisotopic (exact) mass is 283 g/mol. The van der Waals surface area contributed by atoms with Gasteiger partial charge in [-0.05, 0) is 18.9 Å². The number of imidazole rings is 1. The largest absolute Gasteiger partial charge is 0.356 e. The minimum absolute atomic E-state index is 0.625. The first-order valence-corrected chi connectivity index (χ1v) is 7.91. The van der Waals surface area contributed by atoms with Crippen LogP contribution >= 0.6 is 0 Å². The van der Waals surface area contributed by atoms with Crippen LogP contribution in [-0.2, 0) is 13.0 Å². The van der Waals surface area contributed by atoms with Crippen molar-refractivity contribution in [2.75, 3.05) is 18.0 Å². The molecular formula is C16H21N5. The Morgan fingerprint density at radius 2 is 2.05 bits per heavy atom. The van der Waals surface area contributed by atoms with Crippen LogP contribution in [0.3, 0.4) is 0 Å². The summed E-state index contributed by atoms with van der Waals surface area (Å²) in [6.07, 6.45) is 9.42. The lowest BCUT2D eigenvalue weighted by molar-refractivity contribution is 0.350. The maximum absolute atomic E-state index is 4.72. The zero-order valence-electron chi connectivity index (χ0n) is 12.4. The smallest absolute Gasteiger partial charge is 0.133 e. The van der Waals surface area contributed by atoms with Gasteiger partial charge in [0.1, 0.15) is 17.5 Å². The second kappa shape index (κ2) is 5.13. The Hall–Kier alpha value is -1.91. The fraction of sp³-hybridized carbons (Fsp3) is 0.562. The number of hydrogen-bond acceptors (Lipinski definition) is 4. The van der Waals surface area contributed by atoms with Crippen LogP contribution in [0.4, 0.5) is 5.82 Å². The molecule has 21 heavy (non-hydrogen) atoms. The maximum atomic E-state index is 4.72. The van der Waals surface area contributed by atoms with Crippen LogP contribution < -0.4 is 4.90 Å². The van der Waals surface area contributed by atoms with E-state index in [2.05, 4.69) is 32.6 Å². The molecule has 1 saturated carbocycles. The second-order valence-electron chi connectivity index (χ2n) is 6.17. The summed E-state index contributed by atoms with van der Waals surface area (Å²) >= 11 is 0. The van der Waals surface area contributed by atoms with Crippen molar-refractivity contribution >= 4 is 5.82 Å². The molecule has 0 unspecified atom stereocenters. The summed E-state index contributed by atoms with van der Waals surface area (Å²) in [5, 5.41) is 0. The summed E-state index contributed by atoms with van der Waals surface area (Å²) in [4.78, 5) is 15.9. The van der Waals surface area contributed by atoms with Gasteiger partial charge in [0.2, 0.25) is 0 Å². The number of hydrogen-bond donors (Lipinski definition) is 0. The summed E-state index contributed by atoms with van der Waals surface area (Å²) in [5.74, 6) is 4.65. The van der Waals surface area contributed by atoms with E-state index in [1.54, 1.807) is 0 Å². The summed E-state index contributed by atoms with van der Waals surface area (Å²) in [7, 11) is 0. The Bertz CT molecular complexity index is 625. The van der Waals surface area contributed by atoms with Gasteiger partial charge in [0, 0.05) is 56.5 Å². The van der Waals surface area contributed by atoms with Gasteiger partial charge in [-0.25, -0.2) is 15.0 Å². The zero-order valence-corrected chi connectivity index (χ0v) is 12.4. The molecule has 0 N–H and O–H groups in total. The molecule has 110 valence electrons. The Morgan fingerprint density at radius 1 is 1.19 bits per heavy atom. The fourth-order valence-corrected chi connectivity index (χ4v) is 3.05. The minimum Gasteiger partial charge on any atom is -0.356 e. The summed E-state index contributed by atoms with van der Waals surface area (Å²) in [5.41, 5.74) is 0. The first kappa shape index (κ1) is 12.8. The lowest BCUT2D eigenvalue weighted by Crippen LogP contribution is -2.49. The van der Waals surface area contributed by atoms with E-state index in [0.717, 1.165) is 37.7 Å². The van der Waals surface area contributed by atoms with Crippen molar-refractivity contribution in [3.05, 3.63) is 36.3 Å². The molecule has 0 spiro atoms. The van der Waals surface area contributed by atoms with Gasteiger partial charge in [0.15, 0.2) is 0 Å². The van der Waals surface area contributed by atoms with E-state index in [0.29, 0.717) is 11.8 Å². The molecule has 2 aliphatic rings. The third-order valence-corrected chi connectivity index (χ3v) is 4.46. The molecule has 1 saturated heterocycles. The van der Waals surface area contributed by atoms with Gasteiger partial charge in [-0.15, -0.1) is 0 Å². The van der Waals surface area contributed by atoms with Crippen LogP contribution in [-0.4, -0.2) is 32.6 Å². The van der Waals surface area contributed by atoms with Crippen molar-refractivity contribution in [3.8, 4) is 0 Å². The standard InChI is InChI=1S/C16H21N5/c1-2-14-17-7-8-20(14)9-12-10-21(11-12)15-5-6-18-16(19-15)13-3-4-13/h5-8,12-13H,2-4,9-11H2,1H3. The van der Waals surface area contributed by atoms with Crippen LogP contribution in [0, 0.1) is 5.92 Å². The van der Waals surface area contributed by atoms with Crippen LogP contribution in [0.5, 0.6) is 0 Å². The van der Waals surface area contributed by atoms with E-state index < -0.39 is 0 Å². The lowest BCUT2D eigenvalue weighted by Gasteiger charge is -2.40. The molecule has 0 atom stereocenters. The lowest BCUT2D eigenvalue weighted by atomic mass is 10.00. The van der Waals surface area contributed by atoms with E-state index in [9.17, 15) is 0 Å². The first-order chi connectivity index (χ1) is 10.3. The molecule has 0 bridgehead atoms. The van der Waals surface area contributed by atoms with Crippen LogP contribution in [0.25, 0.3) is 0 Å². The number of anilines is 1. The number of aryl methyl sites for hydroxylation is 1. The summed E-state index contributed by atoms with van der Waals surface area (Å²) in [6, 6.07) is 2.04. The molecule has 5 nitrogen and oxygen atoms in total. The number of aromatic nitrogens is 4. The average molecular weight is 283 g/mol. The Balaban J connectivity index is 1.37. The van der Waals surface area contributed by atoms with Gasteiger partial charge in [-0.3, -0.25) is 0 Å². The van der Waals surface area contributed by atoms with Crippen LogP contribution in [0.15, 0.2) is 24.7 Å². The molecule has 5 heteroatoms. The Morgan fingerprint density at radius 3 is 2.81 bits per heavy atom. The molecule has 0 amide bonds. The summed E-state index contributed by atoms with van der Waals surface area (Å²) < 4.78 is 2.29. The van der Waals surface area contributed by atoms with Crippen molar-refractivity contribution < 1.29 is 0 Å². The van der Waals surface area contributed by atoms with Gasteiger partial charge >= 0.3 is 0 Å². The minimum atomic E-state index is 0.625. The Kier molecular flexibility index (Phi) is 3.13. The van der Waals surface area contributed by atoms with E-state index in [4.69, 9.17) is 4.98 Å². The van der Waals surface area contributed by atoms with Crippen molar-refractivity contribution in [2.24, 2.45) is 5.92 Å². The molecule has 1 aliphatic heterocycles. The molecule has 2 aromatic heterocycles. The molecule has 0 aromatic carbocycles. The molecule has 1 aliphatic carbocycles. The number of nitrogens with zero attached hydrogens (tertiary/aromatic N) is 5. The summed E-state index contributed by atoms with van der Waals surface area (Å²) in [6.45, 7) is 5.40. The van der Waals surface area contributed by atoms with Crippen molar-refractivity contribution in [1.82, 2.24) is 19.5 Å². The molecule has 2 aromatic rings. The zero-order chi connectivity index (χ0) is 14.2. The predicted molar refractivity (Wildman–Crippen MR) is 81.3 cm³/mol. The number of rotatable bonds is 5. The third-order valence-electron chi connectivity index (χ3n) is 4.46. The molecule has 0 radical (unpaired) electrons. The van der Waals surface area contributed by atoms with Crippen molar-refractivity contribution in [1.29, 1.82) is 0 Å². The predicted octanol–water partition coefficient (Wildman–Crippen LogP) is 2.25. The van der Waals surface area contributed by atoms with E-state index in [1.807, 2.05) is 18.5 Å². The highest BCUT2D eigenvalue weighted by molar-refractivity contribution is 5.41. The van der Waals surface area contributed by atoms with Gasteiger partial charge in [-0.2, -0.15) is 0 Å². The molecule has 2 fully saturated rings. The van der Waals surface area contributed by atoms with Gasteiger partial charge in [-0.1, -0.05) is 6.92 Å². The quantitative estimate of drug-likeness (QED) is 0.844. The van der Waals surface area contributed by atoms with Crippen molar-refractivity contribution in [2.45, 2.75) is 38.6 Å². The highest BCUT2D eigenvalue weighted by Crippen LogP contribution is 2.38. The van der Waals surface area contributed by atoms with Gasteiger partial charge < -0.3 is 9.47 Å². The molecular weight excluding hydrogens is 262 g/mol. The van der Waals surface area contributed by atoms with E-state index >= 15 is 0 Å². The maximum Gasteiger partial charge on any atom is 0.133 e. The molecule has 4 rings (SSSR count). The van der Waals surface area contributed by atoms with E-state index in [1.165, 1.54) is 18.7 Å². The SMILES string of the molecule is CCc1nccn1CC1CN(c2ccnc(C3CC3)n2)C1. The van der Waals surface area contributed by atoms with Crippen molar-refractivity contribution in [3.63, 3.8) is 0 Å². The highest BCUT2D eigenvalue weighted by atomic mass is 15.3. The average Bonchev–Trinajstić information content (AvgIpc) is 3.22. The topological polar surface area (TPSA) is 46.8 Å². The van der Waals surface area contributed by atoms with Crippen LogP contribution in [0.1, 0.15) is 37.3 Å².